The SMILES string of the molecule is CCCCCCCCCCCCCC[N+](C)(C)CCCO.[Cl-]. The van der Waals surface area contributed by atoms with Crippen LogP contribution in [0.1, 0.15) is 90.4 Å². The molecule has 0 aromatic rings. The van der Waals surface area contributed by atoms with Crippen LogP contribution in [0.2, 0.25) is 0 Å². The topological polar surface area (TPSA) is 20.2 Å². The van der Waals surface area contributed by atoms with E-state index in [1.54, 1.807) is 0 Å². The molecule has 0 bridgehead atoms. The Kier molecular flexibility index (Phi) is 19.5. The van der Waals surface area contributed by atoms with Crippen LogP contribution in [-0.2, 0) is 0 Å². The standard InChI is InChI=1S/C19H42NO.ClH/c1-4-5-6-7-8-9-10-11-12-13-14-15-17-20(2,3)18-16-19-21;/h21H,4-19H2,1-3H3;1H/q+1;/p-1. The van der Waals surface area contributed by atoms with Crippen molar-refractivity contribution in [3.8, 4) is 0 Å². The molecule has 0 aliphatic heterocycles. The predicted octanol–water partition coefficient (Wildman–Crippen LogP) is 2.15. The molecule has 0 unspecified atom stereocenters. The predicted molar refractivity (Wildman–Crippen MR) is 94.6 cm³/mol. The molecule has 0 radical (unpaired) electrons. The first-order valence-electron chi connectivity index (χ1n) is 9.55. The summed E-state index contributed by atoms with van der Waals surface area (Å²) in [5.74, 6) is 0. The number of aliphatic hydroxyl groups is 1. The lowest BCUT2D eigenvalue weighted by atomic mass is 10.1. The number of rotatable bonds is 16. The Hall–Kier alpha value is 0.210. The van der Waals surface area contributed by atoms with E-state index in [-0.39, 0.29) is 12.4 Å². The molecule has 0 aliphatic carbocycles. The second-order valence-electron chi connectivity index (χ2n) is 7.35. The van der Waals surface area contributed by atoms with Crippen molar-refractivity contribution in [1.82, 2.24) is 0 Å². The van der Waals surface area contributed by atoms with Gasteiger partial charge in [-0.1, -0.05) is 71.1 Å². The minimum Gasteiger partial charge on any atom is -1.00 e. The molecule has 0 amide bonds. The molecule has 0 rings (SSSR count). The second kappa shape index (κ2) is 17.6. The quantitative estimate of drug-likeness (QED) is 0.338. The van der Waals surface area contributed by atoms with E-state index >= 15 is 0 Å². The van der Waals surface area contributed by atoms with Crippen LogP contribution in [0.15, 0.2) is 0 Å². The van der Waals surface area contributed by atoms with Crippen LogP contribution in [0.5, 0.6) is 0 Å². The molecular formula is C19H42ClNO. The molecule has 0 heterocycles. The maximum atomic E-state index is 8.89. The summed E-state index contributed by atoms with van der Waals surface area (Å²) in [5, 5.41) is 8.89. The zero-order chi connectivity index (χ0) is 15.8. The highest BCUT2D eigenvalue weighted by Crippen LogP contribution is 2.12. The summed E-state index contributed by atoms with van der Waals surface area (Å²) in [5.41, 5.74) is 0. The van der Waals surface area contributed by atoms with Gasteiger partial charge in [-0.3, -0.25) is 0 Å². The van der Waals surface area contributed by atoms with Crippen molar-refractivity contribution >= 4 is 0 Å². The van der Waals surface area contributed by atoms with E-state index in [0.29, 0.717) is 6.61 Å². The van der Waals surface area contributed by atoms with Crippen LogP contribution in [0.25, 0.3) is 0 Å². The van der Waals surface area contributed by atoms with Crippen molar-refractivity contribution < 1.29 is 22.0 Å². The summed E-state index contributed by atoms with van der Waals surface area (Å²) in [6, 6.07) is 0. The molecule has 0 saturated heterocycles. The van der Waals surface area contributed by atoms with Crippen molar-refractivity contribution in [2.45, 2.75) is 90.4 Å². The Morgan fingerprint density at radius 1 is 0.591 bits per heavy atom. The summed E-state index contributed by atoms with van der Waals surface area (Å²) in [7, 11) is 4.57. The van der Waals surface area contributed by atoms with Gasteiger partial charge >= 0.3 is 0 Å². The van der Waals surface area contributed by atoms with Crippen LogP contribution in [0.3, 0.4) is 0 Å². The highest BCUT2D eigenvalue weighted by atomic mass is 35.5. The van der Waals surface area contributed by atoms with E-state index < -0.39 is 0 Å². The van der Waals surface area contributed by atoms with Gasteiger partial charge in [0.05, 0.1) is 27.2 Å². The van der Waals surface area contributed by atoms with Crippen LogP contribution >= 0.6 is 0 Å². The lowest BCUT2D eigenvalue weighted by Gasteiger charge is -2.29. The molecule has 3 heteroatoms. The smallest absolute Gasteiger partial charge is 0.0804 e. The van der Waals surface area contributed by atoms with Crippen LogP contribution in [0, 0.1) is 0 Å². The maximum absolute atomic E-state index is 8.89. The molecule has 136 valence electrons. The highest BCUT2D eigenvalue weighted by molar-refractivity contribution is 4.48. The van der Waals surface area contributed by atoms with Crippen molar-refractivity contribution in [2.75, 3.05) is 33.8 Å². The monoisotopic (exact) mass is 335 g/mol. The van der Waals surface area contributed by atoms with Crippen LogP contribution in [0.4, 0.5) is 0 Å². The largest absolute Gasteiger partial charge is 1.00 e. The van der Waals surface area contributed by atoms with E-state index in [0.717, 1.165) is 17.4 Å². The average molecular weight is 336 g/mol. The number of nitrogens with zero attached hydrogens (tertiary/aromatic N) is 1. The van der Waals surface area contributed by atoms with Gasteiger partial charge in [-0.15, -0.1) is 0 Å². The third-order valence-corrected chi connectivity index (χ3v) is 4.54. The minimum atomic E-state index is 0. The van der Waals surface area contributed by atoms with Crippen molar-refractivity contribution in [3.05, 3.63) is 0 Å². The third-order valence-electron chi connectivity index (χ3n) is 4.54. The normalized spacial score (nSPS) is 11.5. The second-order valence-corrected chi connectivity index (χ2v) is 7.35. The summed E-state index contributed by atoms with van der Waals surface area (Å²) in [6.45, 7) is 4.98. The molecule has 22 heavy (non-hydrogen) atoms. The van der Waals surface area contributed by atoms with Crippen molar-refractivity contribution in [1.29, 1.82) is 0 Å². The van der Waals surface area contributed by atoms with Gasteiger partial charge in [0.2, 0.25) is 0 Å². The summed E-state index contributed by atoms with van der Waals surface area (Å²) in [4.78, 5) is 0. The zero-order valence-electron chi connectivity index (χ0n) is 15.6. The summed E-state index contributed by atoms with van der Waals surface area (Å²) >= 11 is 0. The maximum Gasteiger partial charge on any atom is 0.0804 e. The minimum absolute atomic E-state index is 0. The number of hydrogen-bond acceptors (Lipinski definition) is 1. The summed E-state index contributed by atoms with van der Waals surface area (Å²) in [6.07, 6.45) is 18.0. The Morgan fingerprint density at radius 3 is 1.36 bits per heavy atom. The number of halogens is 1. The molecule has 0 spiro atoms. The third kappa shape index (κ3) is 18.3. The first kappa shape index (κ1) is 24.5. The van der Waals surface area contributed by atoms with Gasteiger partial charge < -0.3 is 22.0 Å². The molecule has 0 aromatic carbocycles. The molecule has 0 fully saturated rings. The van der Waals surface area contributed by atoms with E-state index in [9.17, 15) is 0 Å². The van der Waals surface area contributed by atoms with Crippen molar-refractivity contribution in [2.24, 2.45) is 0 Å². The fraction of sp³-hybridized carbons (Fsp3) is 1.00. The Balaban J connectivity index is 0. The van der Waals surface area contributed by atoms with E-state index in [1.807, 2.05) is 0 Å². The molecule has 0 saturated carbocycles. The Labute approximate surface area is 146 Å². The number of unbranched alkanes of at least 4 members (excludes halogenated alkanes) is 11. The van der Waals surface area contributed by atoms with Crippen LogP contribution in [-0.4, -0.2) is 43.4 Å². The summed E-state index contributed by atoms with van der Waals surface area (Å²) < 4.78 is 1.07. The number of aliphatic hydroxyl groups excluding tert-OH is 1. The lowest BCUT2D eigenvalue weighted by Crippen LogP contribution is -3.00. The number of hydrogen-bond donors (Lipinski definition) is 1. The average Bonchev–Trinajstić information content (AvgIpc) is 2.46. The van der Waals surface area contributed by atoms with Gasteiger partial charge in [-0.2, -0.15) is 0 Å². The molecular weight excluding hydrogens is 294 g/mol. The van der Waals surface area contributed by atoms with Gasteiger partial charge in [0.15, 0.2) is 0 Å². The van der Waals surface area contributed by atoms with Gasteiger partial charge in [-0.25, -0.2) is 0 Å². The van der Waals surface area contributed by atoms with Gasteiger partial charge in [-0.05, 0) is 12.8 Å². The number of quaternary nitrogens is 1. The zero-order valence-corrected chi connectivity index (χ0v) is 16.3. The van der Waals surface area contributed by atoms with E-state index in [2.05, 4.69) is 21.0 Å². The van der Waals surface area contributed by atoms with Crippen LogP contribution < -0.4 is 12.4 Å². The van der Waals surface area contributed by atoms with E-state index in [1.165, 1.54) is 83.6 Å². The van der Waals surface area contributed by atoms with Gasteiger partial charge in [0.25, 0.3) is 0 Å². The first-order valence-corrected chi connectivity index (χ1v) is 9.55. The van der Waals surface area contributed by atoms with Crippen molar-refractivity contribution in [3.63, 3.8) is 0 Å². The molecule has 0 aromatic heterocycles. The molecule has 0 atom stereocenters. The Bertz CT molecular complexity index is 210. The van der Waals surface area contributed by atoms with E-state index in [4.69, 9.17) is 5.11 Å². The first-order chi connectivity index (χ1) is 10.1. The van der Waals surface area contributed by atoms with Gasteiger partial charge in [0.1, 0.15) is 0 Å². The lowest BCUT2D eigenvalue weighted by molar-refractivity contribution is -0.890. The van der Waals surface area contributed by atoms with Gasteiger partial charge in [0, 0.05) is 13.0 Å². The molecule has 0 aliphatic rings. The Morgan fingerprint density at radius 2 is 0.955 bits per heavy atom. The molecule has 1 N–H and O–H groups in total. The fourth-order valence-electron chi connectivity index (χ4n) is 2.99. The highest BCUT2D eigenvalue weighted by Gasteiger charge is 2.12. The fourth-order valence-corrected chi connectivity index (χ4v) is 2.99. The molecule has 2 nitrogen and oxygen atoms in total.